The normalized spacial score (nSPS) is 18.3. The maximum atomic E-state index is 14.4. The van der Waals surface area contributed by atoms with E-state index in [0.717, 1.165) is 31.7 Å². The molecule has 2 saturated carbocycles. The molecule has 14 heteroatoms. The number of alkyl halides is 3. The Morgan fingerprint density at radius 2 is 1.92 bits per heavy atom. The van der Waals surface area contributed by atoms with Crippen LogP contribution >= 0.6 is 0 Å². The van der Waals surface area contributed by atoms with E-state index in [0.29, 0.717) is 58.8 Å². The Morgan fingerprint density at radius 1 is 1.08 bits per heavy atom. The van der Waals surface area contributed by atoms with Gasteiger partial charge in [-0.25, -0.2) is 9.97 Å². The van der Waals surface area contributed by atoms with Crippen LogP contribution in [0.2, 0.25) is 0 Å². The van der Waals surface area contributed by atoms with Crippen molar-refractivity contribution in [1.82, 2.24) is 30.0 Å². The smallest absolute Gasteiger partial charge is 0.420 e. The van der Waals surface area contributed by atoms with Crippen LogP contribution in [0, 0.1) is 28.1 Å². The van der Waals surface area contributed by atoms with E-state index in [-0.39, 0.29) is 35.1 Å². The van der Waals surface area contributed by atoms with E-state index in [1.807, 2.05) is 0 Å². The minimum Gasteiger partial charge on any atom is -0.434 e. The van der Waals surface area contributed by atoms with Crippen LogP contribution in [0.1, 0.15) is 55.2 Å². The number of hydrogen-bond acceptors (Lipinski definition) is 10. The summed E-state index contributed by atoms with van der Waals surface area (Å²) in [5.41, 5.74) is 1.29. The highest BCUT2D eigenvalue weighted by Crippen LogP contribution is 2.48. The van der Waals surface area contributed by atoms with Gasteiger partial charge in [-0.2, -0.15) is 23.7 Å². The lowest BCUT2D eigenvalue weighted by molar-refractivity contribution is -0.136. The third-order valence-electron chi connectivity index (χ3n) is 9.42. The number of benzene rings is 2. The van der Waals surface area contributed by atoms with Crippen molar-refractivity contribution in [3.05, 3.63) is 65.5 Å². The van der Waals surface area contributed by atoms with Crippen LogP contribution in [0.15, 0.2) is 53.2 Å². The summed E-state index contributed by atoms with van der Waals surface area (Å²) >= 11 is 0. The molecule has 7 rings (SSSR count). The van der Waals surface area contributed by atoms with Gasteiger partial charge < -0.3 is 24.7 Å². The Kier molecular flexibility index (Phi) is 8.30. The summed E-state index contributed by atoms with van der Waals surface area (Å²) in [6, 6.07) is 15.4. The number of halogens is 3. The van der Waals surface area contributed by atoms with Gasteiger partial charge in [-0.1, -0.05) is 0 Å². The molecular weight excluding hydrogens is 635 g/mol. The van der Waals surface area contributed by atoms with Crippen LogP contribution in [-0.4, -0.2) is 48.5 Å². The zero-order valence-corrected chi connectivity index (χ0v) is 26.6. The molecule has 3 N–H and O–H groups in total. The quantitative estimate of drug-likeness (QED) is 0.153. The molecule has 0 spiro atoms. The first-order chi connectivity index (χ1) is 23.6. The highest BCUT2D eigenvalue weighted by molar-refractivity contribution is 5.85. The number of nitriles is 2. The Balaban J connectivity index is 1.34. The highest BCUT2D eigenvalue weighted by Gasteiger charge is 2.42. The number of aliphatic hydroxyl groups excluding tert-OH is 1. The monoisotopic (exact) mass is 667 g/mol. The highest BCUT2D eigenvalue weighted by atomic mass is 19.4. The standard InChI is InChI=1S/C35H32F3N9O2/c1-47-19-43-46-32(47)23-6-5-20(16-40)11-24(23)22-14-28(44-30(15-22)42-18-34(7-8-34)9-10-39)33-45-27-13-21(17-41-26-3-2-4-29(26)48)12-25(31(27)49-33)35(36,37)38/h5-6,11-15,19,26,29,41,48H,2-4,7-9,17-18H2,1H3,(H,42,44)/t26-,29+/m1/s1. The van der Waals surface area contributed by atoms with Crippen molar-refractivity contribution in [1.29, 1.82) is 10.5 Å². The molecule has 2 atom stereocenters. The average Bonchev–Trinajstić information content (AvgIpc) is 3.36. The largest absolute Gasteiger partial charge is 0.434 e. The van der Waals surface area contributed by atoms with E-state index in [9.17, 15) is 28.8 Å². The number of nitrogens with zero attached hydrogens (tertiary/aromatic N) is 7. The van der Waals surface area contributed by atoms with Crippen molar-refractivity contribution in [3.8, 4) is 46.2 Å². The summed E-state index contributed by atoms with van der Waals surface area (Å²) in [7, 11) is 1.79. The molecule has 0 aliphatic heterocycles. The zero-order chi connectivity index (χ0) is 34.3. The number of anilines is 1. The second kappa shape index (κ2) is 12.6. The molecule has 0 amide bonds. The first-order valence-electron chi connectivity index (χ1n) is 16.0. The summed E-state index contributed by atoms with van der Waals surface area (Å²) in [5.74, 6) is 0.832. The van der Waals surface area contributed by atoms with Crippen LogP contribution < -0.4 is 10.6 Å². The first kappa shape index (κ1) is 32.2. The molecule has 0 saturated heterocycles. The lowest BCUT2D eigenvalue weighted by Crippen LogP contribution is -2.35. The average molecular weight is 668 g/mol. The van der Waals surface area contributed by atoms with E-state index in [1.54, 1.807) is 54.3 Å². The van der Waals surface area contributed by atoms with Gasteiger partial charge in [0.05, 0.1) is 23.8 Å². The first-order valence-corrected chi connectivity index (χ1v) is 16.0. The number of hydrogen-bond donors (Lipinski definition) is 3. The van der Waals surface area contributed by atoms with Crippen LogP contribution in [0.4, 0.5) is 19.0 Å². The molecule has 0 unspecified atom stereocenters. The van der Waals surface area contributed by atoms with Gasteiger partial charge in [0.1, 0.15) is 28.9 Å². The van der Waals surface area contributed by atoms with Gasteiger partial charge in [0.2, 0.25) is 5.89 Å². The van der Waals surface area contributed by atoms with Gasteiger partial charge >= 0.3 is 6.18 Å². The molecule has 0 bridgehead atoms. The van der Waals surface area contributed by atoms with E-state index in [2.05, 4.69) is 38.0 Å². The fraction of sp³-hybridized carbons (Fsp3) is 0.371. The van der Waals surface area contributed by atoms with Gasteiger partial charge in [0.25, 0.3) is 0 Å². The Labute approximate surface area is 279 Å². The van der Waals surface area contributed by atoms with Crippen LogP contribution in [0.3, 0.4) is 0 Å². The van der Waals surface area contributed by atoms with Crippen molar-refractivity contribution in [2.45, 2.75) is 63.4 Å². The van der Waals surface area contributed by atoms with Crippen LogP contribution in [0.5, 0.6) is 0 Å². The van der Waals surface area contributed by atoms with Gasteiger partial charge in [-0.05, 0) is 91.3 Å². The lowest BCUT2D eigenvalue weighted by Gasteiger charge is -2.17. The number of aliphatic hydroxyl groups is 1. The second-order valence-electron chi connectivity index (χ2n) is 12.9. The third kappa shape index (κ3) is 6.57. The van der Waals surface area contributed by atoms with Crippen molar-refractivity contribution in [2.24, 2.45) is 12.5 Å². The molecule has 5 aromatic rings. The SMILES string of the molecule is Cn1cnnc1-c1ccc(C#N)cc1-c1cc(NCC2(CC#N)CC2)nc(-c2nc3cc(CN[C@@H]4CCC[C@@H]4O)cc(C(F)(F)F)c3o2)c1. The molecule has 2 fully saturated rings. The maximum Gasteiger partial charge on any atom is 0.420 e. The van der Waals surface area contributed by atoms with E-state index >= 15 is 0 Å². The lowest BCUT2D eigenvalue weighted by atomic mass is 9.96. The van der Waals surface area contributed by atoms with Crippen molar-refractivity contribution < 1.29 is 22.7 Å². The molecule has 3 heterocycles. The molecule has 0 radical (unpaired) electrons. The van der Waals surface area contributed by atoms with Gasteiger partial charge in [0.15, 0.2) is 11.4 Å². The van der Waals surface area contributed by atoms with E-state index in [1.165, 1.54) is 0 Å². The fourth-order valence-electron chi connectivity index (χ4n) is 6.44. The zero-order valence-electron chi connectivity index (χ0n) is 26.6. The summed E-state index contributed by atoms with van der Waals surface area (Å²) in [5, 5.41) is 44.0. The molecule has 250 valence electrons. The molecule has 11 nitrogen and oxygen atoms in total. The Hall–Kier alpha value is -5.31. The molecule has 3 aromatic heterocycles. The van der Waals surface area contributed by atoms with E-state index < -0.39 is 23.4 Å². The fourth-order valence-corrected chi connectivity index (χ4v) is 6.44. The third-order valence-corrected chi connectivity index (χ3v) is 9.42. The Bertz CT molecular complexity index is 2120. The van der Waals surface area contributed by atoms with Gasteiger partial charge in [0, 0.05) is 43.6 Å². The van der Waals surface area contributed by atoms with Crippen molar-refractivity contribution in [3.63, 3.8) is 0 Å². The minimum absolute atomic E-state index is 0.0208. The topological polar surface area (TPSA) is 162 Å². The maximum absolute atomic E-state index is 14.4. The van der Waals surface area contributed by atoms with Gasteiger partial charge in [-0.3, -0.25) is 0 Å². The molecule has 49 heavy (non-hydrogen) atoms. The summed E-state index contributed by atoms with van der Waals surface area (Å²) in [6.07, 6.45) is 0.714. The molecule has 2 aromatic carbocycles. The molecule has 2 aliphatic rings. The minimum atomic E-state index is -4.72. The summed E-state index contributed by atoms with van der Waals surface area (Å²) < 4.78 is 50.8. The van der Waals surface area contributed by atoms with Crippen LogP contribution in [-0.2, 0) is 19.8 Å². The van der Waals surface area contributed by atoms with Crippen LogP contribution in [0.25, 0.3) is 45.2 Å². The second-order valence-corrected chi connectivity index (χ2v) is 12.9. The Morgan fingerprint density at radius 3 is 2.59 bits per heavy atom. The number of rotatable bonds is 10. The summed E-state index contributed by atoms with van der Waals surface area (Å²) in [4.78, 5) is 9.21. The molecule has 2 aliphatic carbocycles. The number of pyridine rings is 1. The number of oxazole rings is 1. The van der Waals surface area contributed by atoms with E-state index in [4.69, 9.17) is 9.40 Å². The number of aryl methyl sites for hydroxylation is 1. The van der Waals surface area contributed by atoms with Crippen molar-refractivity contribution in [2.75, 3.05) is 11.9 Å². The van der Waals surface area contributed by atoms with Gasteiger partial charge in [-0.15, -0.1) is 10.2 Å². The predicted molar refractivity (Wildman–Crippen MR) is 173 cm³/mol. The number of fused-ring (bicyclic) bond motifs is 1. The summed E-state index contributed by atoms with van der Waals surface area (Å²) in [6.45, 7) is 0.595. The van der Waals surface area contributed by atoms with Crippen molar-refractivity contribution >= 4 is 16.9 Å². The predicted octanol–water partition coefficient (Wildman–Crippen LogP) is 6.35. The number of aromatic nitrogens is 5. The molecular formula is C35H32F3N9O2. The number of nitrogens with one attached hydrogen (secondary N) is 2.